The van der Waals surface area contributed by atoms with Gasteiger partial charge in [0.05, 0.1) is 4.88 Å². The van der Waals surface area contributed by atoms with Gasteiger partial charge in [-0.3, -0.25) is 10.0 Å². The summed E-state index contributed by atoms with van der Waals surface area (Å²) in [6.45, 7) is 0.304. The molecule has 1 amide bonds. The van der Waals surface area contributed by atoms with Crippen LogP contribution in [0, 0.1) is 5.82 Å². The summed E-state index contributed by atoms with van der Waals surface area (Å²) >= 11 is 1.28. The van der Waals surface area contributed by atoms with Crippen molar-refractivity contribution in [1.29, 1.82) is 0 Å². The molecule has 0 saturated heterocycles. The third-order valence-corrected chi connectivity index (χ3v) is 4.21. The van der Waals surface area contributed by atoms with Crippen LogP contribution in [-0.4, -0.2) is 11.1 Å². The molecule has 0 spiro atoms. The number of fused-ring (bicyclic) bond motifs is 1. The Morgan fingerprint density at radius 3 is 2.86 bits per heavy atom. The fourth-order valence-electron chi connectivity index (χ4n) is 2.06. The number of amides is 1. The molecule has 2 aromatic carbocycles. The maximum absolute atomic E-state index is 13.1. The van der Waals surface area contributed by atoms with Crippen LogP contribution in [0.4, 0.5) is 4.39 Å². The molecule has 1 heterocycles. The van der Waals surface area contributed by atoms with Crippen LogP contribution < -0.4 is 10.2 Å². The first-order valence-corrected chi connectivity index (χ1v) is 7.32. The van der Waals surface area contributed by atoms with E-state index in [1.807, 2.05) is 18.2 Å². The Balaban J connectivity index is 1.78. The van der Waals surface area contributed by atoms with Crippen LogP contribution in [0.3, 0.4) is 0 Å². The molecule has 2 N–H and O–H groups in total. The Morgan fingerprint density at radius 1 is 1.23 bits per heavy atom. The molecule has 0 radical (unpaired) electrons. The minimum absolute atomic E-state index is 0.304. The lowest BCUT2D eigenvalue weighted by Crippen LogP contribution is -2.16. The highest BCUT2D eigenvalue weighted by molar-refractivity contribution is 7.20. The van der Waals surface area contributed by atoms with E-state index < -0.39 is 5.91 Å². The number of hydroxylamine groups is 1. The molecule has 0 bridgehead atoms. The molecule has 3 rings (SSSR count). The molecule has 0 aliphatic carbocycles. The quantitative estimate of drug-likeness (QED) is 0.569. The van der Waals surface area contributed by atoms with Gasteiger partial charge in [0.15, 0.2) is 0 Å². The van der Waals surface area contributed by atoms with E-state index in [0.29, 0.717) is 17.2 Å². The summed E-state index contributed by atoms with van der Waals surface area (Å²) in [4.78, 5) is 11.8. The molecule has 0 fully saturated rings. The molecular formula is C16H12FNO3S. The number of thiophene rings is 1. The van der Waals surface area contributed by atoms with Crippen molar-refractivity contribution in [3.8, 4) is 5.75 Å². The average Bonchev–Trinajstić information content (AvgIpc) is 2.95. The van der Waals surface area contributed by atoms with Crippen molar-refractivity contribution in [2.45, 2.75) is 6.61 Å². The highest BCUT2D eigenvalue weighted by Gasteiger charge is 2.09. The van der Waals surface area contributed by atoms with Gasteiger partial charge >= 0.3 is 0 Å². The lowest BCUT2D eigenvalue weighted by molar-refractivity contribution is 0.0711. The molecule has 22 heavy (non-hydrogen) atoms. The van der Waals surface area contributed by atoms with Crippen LogP contribution in [0.25, 0.3) is 10.1 Å². The summed E-state index contributed by atoms with van der Waals surface area (Å²) in [5.74, 6) is -0.406. The van der Waals surface area contributed by atoms with Crippen LogP contribution in [0.5, 0.6) is 5.75 Å². The van der Waals surface area contributed by atoms with E-state index in [2.05, 4.69) is 0 Å². The zero-order chi connectivity index (χ0) is 15.5. The number of halogens is 1. The molecule has 0 aliphatic heterocycles. The van der Waals surface area contributed by atoms with Crippen LogP contribution in [0.1, 0.15) is 15.2 Å². The zero-order valence-corrected chi connectivity index (χ0v) is 12.2. The van der Waals surface area contributed by atoms with Crippen molar-refractivity contribution < 1.29 is 19.1 Å². The van der Waals surface area contributed by atoms with Gasteiger partial charge in [-0.1, -0.05) is 18.2 Å². The van der Waals surface area contributed by atoms with Crippen LogP contribution >= 0.6 is 11.3 Å². The van der Waals surface area contributed by atoms with Gasteiger partial charge in [-0.2, -0.15) is 0 Å². The maximum Gasteiger partial charge on any atom is 0.284 e. The predicted octanol–water partition coefficient (Wildman–Crippen LogP) is 3.74. The maximum atomic E-state index is 13.1. The molecule has 0 atom stereocenters. The lowest BCUT2D eigenvalue weighted by Gasteiger charge is -2.06. The van der Waals surface area contributed by atoms with Crippen molar-refractivity contribution >= 4 is 27.3 Å². The second-order valence-corrected chi connectivity index (χ2v) is 5.75. The summed E-state index contributed by atoms with van der Waals surface area (Å²) in [6, 6.07) is 13.4. The fourth-order valence-corrected chi connectivity index (χ4v) is 3.07. The van der Waals surface area contributed by atoms with Gasteiger partial charge in [-0.05, 0) is 35.2 Å². The van der Waals surface area contributed by atoms with Crippen LogP contribution in [0.15, 0.2) is 48.5 Å². The Labute approximate surface area is 129 Å². The van der Waals surface area contributed by atoms with Gasteiger partial charge in [-0.15, -0.1) is 11.3 Å². The summed E-state index contributed by atoms with van der Waals surface area (Å²) in [7, 11) is 0. The lowest BCUT2D eigenvalue weighted by atomic mass is 10.2. The first kappa shape index (κ1) is 14.5. The monoisotopic (exact) mass is 317 g/mol. The Bertz CT molecular complexity index is 831. The molecule has 4 nitrogen and oxygen atoms in total. The van der Waals surface area contributed by atoms with E-state index in [1.165, 1.54) is 23.5 Å². The molecule has 0 saturated carbocycles. The second-order valence-electron chi connectivity index (χ2n) is 4.67. The topological polar surface area (TPSA) is 58.6 Å². The Hall–Kier alpha value is -2.44. The number of rotatable bonds is 4. The third-order valence-electron chi connectivity index (χ3n) is 3.11. The Morgan fingerprint density at radius 2 is 2.09 bits per heavy atom. The van der Waals surface area contributed by atoms with Gasteiger partial charge in [0.2, 0.25) is 0 Å². The fraction of sp³-hybridized carbons (Fsp3) is 0.0625. The molecule has 0 aliphatic rings. The summed E-state index contributed by atoms with van der Waals surface area (Å²) in [6.07, 6.45) is 0. The van der Waals surface area contributed by atoms with Gasteiger partial charge in [-0.25, -0.2) is 9.87 Å². The van der Waals surface area contributed by atoms with Gasteiger partial charge < -0.3 is 4.74 Å². The largest absolute Gasteiger partial charge is 0.489 e. The van der Waals surface area contributed by atoms with E-state index in [4.69, 9.17) is 9.94 Å². The van der Waals surface area contributed by atoms with Crippen molar-refractivity contribution in [3.63, 3.8) is 0 Å². The average molecular weight is 317 g/mol. The number of ether oxygens (including phenoxy) is 1. The first-order chi connectivity index (χ1) is 10.7. The molecule has 1 aromatic heterocycles. The molecular weight excluding hydrogens is 305 g/mol. The molecule has 0 unspecified atom stereocenters. The molecule has 3 aromatic rings. The minimum Gasteiger partial charge on any atom is -0.489 e. The van der Waals surface area contributed by atoms with Crippen molar-refractivity contribution in [3.05, 3.63) is 64.8 Å². The van der Waals surface area contributed by atoms with Gasteiger partial charge in [0.1, 0.15) is 18.2 Å². The number of carbonyl (C=O) groups excluding carboxylic acids is 1. The van der Waals surface area contributed by atoms with Crippen LogP contribution in [-0.2, 0) is 6.61 Å². The van der Waals surface area contributed by atoms with Gasteiger partial charge in [0.25, 0.3) is 5.91 Å². The summed E-state index contributed by atoms with van der Waals surface area (Å²) in [5.41, 5.74) is 2.53. The highest BCUT2D eigenvalue weighted by Crippen LogP contribution is 2.27. The number of hydrogen-bond donors (Lipinski definition) is 2. The van der Waals surface area contributed by atoms with Crippen molar-refractivity contribution in [2.24, 2.45) is 0 Å². The number of hydrogen-bond acceptors (Lipinski definition) is 4. The summed E-state index contributed by atoms with van der Waals surface area (Å²) in [5, 5.41) is 9.57. The predicted molar refractivity (Wildman–Crippen MR) is 81.8 cm³/mol. The standard InChI is InChI=1S/C16H12FNO3S/c17-12-2-1-3-13(8-12)21-9-10-4-5-11-7-15(16(19)18-20)22-14(11)6-10/h1-8,20H,9H2,(H,18,19). The van der Waals surface area contributed by atoms with Crippen LogP contribution in [0.2, 0.25) is 0 Å². The van der Waals surface area contributed by atoms with E-state index >= 15 is 0 Å². The SMILES string of the molecule is O=C(NO)c1cc2ccc(COc3cccc(F)c3)cc2s1. The second kappa shape index (κ2) is 6.13. The zero-order valence-electron chi connectivity index (χ0n) is 11.4. The van der Waals surface area contributed by atoms with Crippen molar-refractivity contribution in [1.82, 2.24) is 5.48 Å². The van der Waals surface area contributed by atoms with E-state index in [9.17, 15) is 9.18 Å². The van der Waals surface area contributed by atoms with Crippen molar-refractivity contribution in [2.75, 3.05) is 0 Å². The van der Waals surface area contributed by atoms with E-state index in [1.54, 1.807) is 23.7 Å². The molecule has 6 heteroatoms. The first-order valence-electron chi connectivity index (χ1n) is 6.51. The number of carbonyl (C=O) groups is 1. The number of benzene rings is 2. The molecule has 112 valence electrons. The summed E-state index contributed by atoms with van der Waals surface area (Å²) < 4.78 is 19.5. The Kier molecular flexibility index (Phi) is 4.04. The van der Waals surface area contributed by atoms with E-state index in [0.717, 1.165) is 15.6 Å². The smallest absolute Gasteiger partial charge is 0.284 e. The minimum atomic E-state index is -0.529. The highest BCUT2D eigenvalue weighted by atomic mass is 32.1. The van der Waals surface area contributed by atoms with Gasteiger partial charge in [0, 0.05) is 10.8 Å². The van der Waals surface area contributed by atoms with E-state index in [-0.39, 0.29) is 5.82 Å². The normalized spacial score (nSPS) is 10.6. The third kappa shape index (κ3) is 3.08. The number of nitrogens with one attached hydrogen (secondary N) is 1.